The van der Waals surface area contributed by atoms with Crippen LogP contribution in [0, 0.1) is 11.7 Å². The molecule has 0 aromatic heterocycles. The first kappa shape index (κ1) is 13.3. The third kappa shape index (κ3) is 2.35. The van der Waals surface area contributed by atoms with Crippen molar-refractivity contribution in [2.45, 2.75) is 30.7 Å². The lowest BCUT2D eigenvalue weighted by atomic mass is 10.2. The number of rotatable bonds is 4. The lowest BCUT2D eigenvalue weighted by Gasteiger charge is -2.24. The molecule has 2 N–H and O–H groups in total. The average Bonchev–Trinajstić information content (AvgIpc) is 3.10. The molecule has 0 aliphatic heterocycles. The van der Waals surface area contributed by atoms with E-state index in [1.807, 2.05) is 6.92 Å². The van der Waals surface area contributed by atoms with Gasteiger partial charge in [-0.3, -0.25) is 0 Å². The molecule has 6 heteroatoms. The minimum Gasteiger partial charge on any atom is -0.398 e. The molecule has 100 valence electrons. The molecule has 1 saturated carbocycles. The monoisotopic (exact) mass is 272 g/mol. The molecule has 18 heavy (non-hydrogen) atoms. The molecule has 2 rings (SSSR count). The van der Waals surface area contributed by atoms with E-state index in [2.05, 4.69) is 0 Å². The zero-order chi connectivity index (χ0) is 13.5. The van der Waals surface area contributed by atoms with Crippen molar-refractivity contribution >= 4 is 15.7 Å². The van der Waals surface area contributed by atoms with Crippen molar-refractivity contribution in [3.8, 4) is 0 Å². The summed E-state index contributed by atoms with van der Waals surface area (Å²) < 4.78 is 39.0. The fourth-order valence-corrected chi connectivity index (χ4v) is 3.52. The Labute approximate surface area is 107 Å². The van der Waals surface area contributed by atoms with Crippen molar-refractivity contribution < 1.29 is 12.8 Å². The van der Waals surface area contributed by atoms with Crippen molar-refractivity contribution in [2.24, 2.45) is 5.92 Å². The van der Waals surface area contributed by atoms with Gasteiger partial charge in [-0.05, 0) is 43.9 Å². The number of nitrogens with two attached hydrogens (primary N) is 1. The number of hydrogen-bond donors (Lipinski definition) is 1. The van der Waals surface area contributed by atoms with Crippen molar-refractivity contribution in [1.82, 2.24) is 4.31 Å². The third-order valence-electron chi connectivity index (χ3n) is 3.51. The van der Waals surface area contributed by atoms with Crippen LogP contribution >= 0.6 is 0 Å². The zero-order valence-corrected chi connectivity index (χ0v) is 11.2. The van der Waals surface area contributed by atoms with Gasteiger partial charge in [-0.15, -0.1) is 0 Å². The normalized spacial score (nSPS) is 18.0. The van der Waals surface area contributed by atoms with Gasteiger partial charge in [-0.1, -0.05) is 0 Å². The molecule has 1 unspecified atom stereocenters. The van der Waals surface area contributed by atoms with Crippen molar-refractivity contribution in [3.05, 3.63) is 24.0 Å². The van der Waals surface area contributed by atoms with Crippen LogP contribution in [-0.4, -0.2) is 25.8 Å². The summed E-state index contributed by atoms with van der Waals surface area (Å²) in [5, 5.41) is 0. The Balaban J connectivity index is 2.34. The number of halogens is 1. The highest BCUT2D eigenvalue weighted by molar-refractivity contribution is 7.89. The summed E-state index contributed by atoms with van der Waals surface area (Å²) in [6, 6.07) is 3.30. The quantitative estimate of drug-likeness (QED) is 0.850. The molecule has 0 bridgehead atoms. The first-order valence-electron chi connectivity index (χ1n) is 5.87. The van der Waals surface area contributed by atoms with E-state index in [9.17, 15) is 12.8 Å². The van der Waals surface area contributed by atoms with Gasteiger partial charge >= 0.3 is 0 Å². The Kier molecular flexibility index (Phi) is 3.33. The molecule has 1 atom stereocenters. The van der Waals surface area contributed by atoms with E-state index < -0.39 is 15.8 Å². The highest BCUT2D eigenvalue weighted by Crippen LogP contribution is 2.36. The van der Waals surface area contributed by atoms with Gasteiger partial charge in [0.2, 0.25) is 10.0 Å². The molecule has 0 radical (unpaired) electrons. The van der Waals surface area contributed by atoms with Crippen LogP contribution in [-0.2, 0) is 10.0 Å². The molecule has 1 aromatic carbocycles. The predicted octanol–water partition coefficient (Wildman–Crippen LogP) is 1.83. The maximum Gasteiger partial charge on any atom is 0.245 e. The highest BCUT2D eigenvalue weighted by atomic mass is 32.2. The van der Waals surface area contributed by atoms with E-state index in [-0.39, 0.29) is 16.6 Å². The molecule has 0 spiro atoms. The van der Waals surface area contributed by atoms with Gasteiger partial charge in [0.15, 0.2) is 0 Å². The molecule has 0 amide bonds. The molecule has 1 aromatic rings. The first-order chi connectivity index (χ1) is 8.34. The van der Waals surface area contributed by atoms with Gasteiger partial charge in [-0.25, -0.2) is 12.8 Å². The molecule has 1 fully saturated rings. The number of nitrogens with zero attached hydrogens (tertiary/aromatic N) is 1. The van der Waals surface area contributed by atoms with Gasteiger partial charge in [0.05, 0.1) is 5.69 Å². The number of anilines is 1. The summed E-state index contributed by atoms with van der Waals surface area (Å²) in [5.74, 6) is -0.115. The Morgan fingerprint density at radius 3 is 2.56 bits per heavy atom. The second-order valence-electron chi connectivity index (χ2n) is 4.78. The van der Waals surface area contributed by atoms with Crippen LogP contribution in [0.1, 0.15) is 19.8 Å². The summed E-state index contributed by atoms with van der Waals surface area (Å²) in [6.07, 6.45) is 2.11. The number of sulfonamides is 1. The second kappa shape index (κ2) is 4.51. The molecule has 1 aliphatic carbocycles. The van der Waals surface area contributed by atoms with E-state index >= 15 is 0 Å². The summed E-state index contributed by atoms with van der Waals surface area (Å²) in [6.45, 7) is 1.88. The predicted molar refractivity (Wildman–Crippen MR) is 67.9 cm³/mol. The van der Waals surface area contributed by atoms with E-state index in [0.29, 0.717) is 5.92 Å². The van der Waals surface area contributed by atoms with Crippen molar-refractivity contribution in [2.75, 3.05) is 12.8 Å². The first-order valence-corrected chi connectivity index (χ1v) is 7.31. The fourth-order valence-electron chi connectivity index (χ4n) is 2.00. The lowest BCUT2D eigenvalue weighted by molar-refractivity contribution is 0.357. The number of nitrogen functional groups attached to an aromatic ring is 1. The maximum atomic E-state index is 12.9. The second-order valence-corrected chi connectivity index (χ2v) is 6.75. The lowest BCUT2D eigenvalue weighted by Crippen LogP contribution is -2.36. The molecule has 0 heterocycles. The van der Waals surface area contributed by atoms with Crippen molar-refractivity contribution in [1.29, 1.82) is 0 Å². The zero-order valence-electron chi connectivity index (χ0n) is 10.4. The van der Waals surface area contributed by atoms with Crippen LogP contribution in [0.4, 0.5) is 10.1 Å². The molecular formula is C12H17FN2O2S. The van der Waals surface area contributed by atoms with Crippen LogP contribution in [0.3, 0.4) is 0 Å². The summed E-state index contributed by atoms with van der Waals surface area (Å²) in [5.41, 5.74) is 5.54. The van der Waals surface area contributed by atoms with Crippen LogP contribution < -0.4 is 5.73 Å². The summed E-state index contributed by atoms with van der Waals surface area (Å²) >= 11 is 0. The van der Waals surface area contributed by atoms with Crippen LogP contribution in [0.5, 0.6) is 0 Å². The minimum atomic E-state index is -3.65. The Morgan fingerprint density at radius 1 is 1.44 bits per heavy atom. The summed E-state index contributed by atoms with van der Waals surface area (Å²) in [4.78, 5) is -0.0288. The van der Waals surface area contributed by atoms with Crippen molar-refractivity contribution in [3.63, 3.8) is 0 Å². The highest BCUT2D eigenvalue weighted by Gasteiger charge is 2.36. The Bertz CT molecular complexity index is 555. The maximum absolute atomic E-state index is 12.9. The van der Waals surface area contributed by atoms with Crippen LogP contribution in [0.2, 0.25) is 0 Å². The summed E-state index contributed by atoms with van der Waals surface area (Å²) in [7, 11) is -2.11. The Morgan fingerprint density at radius 2 is 2.06 bits per heavy atom. The smallest absolute Gasteiger partial charge is 0.245 e. The molecule has 4 nitrogen and oxygen atoms in total. The molecular weight excluding hydrogens is 255 g/mol. The minimum absolute atomic E-state index is 0.0288. The fraction of sp³-hybridized carbons (Fsp3) is 0.500. The van der Waals surface area contributed by atoms with Gasteiger partial charge in [0, 0.05) is 13.1 Å². The van der Waals surface area contributed by atoms with E-state index in [0.717, 1.165) is 25.0 Å². The third-order valence-corrected chi connectivity index (χ3v) is 5.53. The van der Waals surface area contributed by atoms with Gasteiger partial charge in [0.1, 0.15) is 10.7 Å². The van der Waals surface area contributed by atoms with Crippen LogP contribution in [0.25, 0.3) is 0 Å². The number of hydrogen-bond acceptors (Lipinski definition) is 3. The Hall–Kier alpha value is -1.14. The van der Waals surface area contributed by atoms with E-state index in [1.165, 1.54) is 10.4 Å². The van der Waals surface area contributed by atoms with E-state index in [1.54, 1.807) is 7.05 Å². The molecule has 0 saturated heterocycles. The number of benzene rings is 1. The van der Waals surface area contributed by atoms with Gasteiger partial charge in [0.25, 0.3) is 0 Å². The van der Waals surface area contributed by atoms with Gasteiger partial charge < -0.3 is 5.73 Å². The SMILES string of the molecule is CC(C1CC1)N(C)S(=O)(=O)c1ccc(F)cc1N. The average molecular weight is 272 g/mol. The topological polar surface area (TPSA) is 63.4 Å². The van der Waals surface area contributed by atoms with Gasteiger partial charge in [-0.2, -0.15) is 4.31 Å². The largest absolute Gasteiger partial charge is 0.398 e. The van der Waals surface area contributed by atoms with E-state index in [4.69, 9.17) is 5.73 Å². The van der Waals surface area contributed by atoms with Crippen LogP contribution in [0.15, 0.2) is 23.1 Å². The standard InChI is InChI=1S/C12H17FN2O2S/c1-8(9-3-4-9)15(2)18(16,17)12-6-5-10(13)7-11(12)14/h5-9H,3-4,14H2,1-2H3. The molecule has 1 aliphatic rings.